The molecule has 1 aromatic carbocycles. The van der Waals surface area contributed by atoms with Crippen LogP contribution in [-0.4, -0.2) is 12.0 Å². The zero-order valence-corrected chi connectivity index (χ0v) is 20.3. The Kier molecular flexibility index (Phi) is 5.84. The maximum atomic E-state index is 13.2. The minimum Gasteiger partial charge on any atom is -0.384 e. The summed E-state index contributed by atoms with van der Waals surface area (Å²) < 4.78 is 2.12. The molecule has 2 N–H and O–H groups in total. The summed E-state index contributed by atoms with van der Waals surface area (Å²) in [6.45, 7) is 4.08. The number of nitriles is 1. The van der Waals surface area contributed by atoms with E-state index < -0.39 is 5.92 Å². The Labute approximate surface area is 193 Å². The fourth-order valence-electron chi connectivity index (χ4n) is 4.42. The number of thiophene rings is 1. The molecule has 1 atom stereocenters. The van der Waals surface area contributed by atoms with Gasteiger partial charge in [-0.3, -0.25) is 9.69 Å². The van der Waals surface area contributed by atoms with Gasteiger partial charge in [-0.25, -0.2) is 0 Å². The number of anilines is 1. The van der Waals surface area contributed by atoms with E-state index in [-0.39, 0.29) is 5.78 Å². The van der Waals surface area contributed by atoms with Crippen LogP contribution < -0.4 is 10.6 Å². The molecular formula is C23H22BrN3OS2. The molecule has 7 heteroatoms. The van der Waals surface area contributed by atoms with Gasteiger partial charge in [0.15, 0.2) is 5.78 Å². The highest BCUT2D eigenvalue weighted by Gasteiger charge is 2.41. The Morgan fingerprint density at radius 1 is 1.30 bits per heavy atom. The van der Waals surface area contributed by atoms with Crippen molar-refractivity contribution >= 4 is 50.5 Å². The van der Waals surface area contributed by atoms with Crippen LogP contribution in [0.3, 0.4) is 0 Å². The number of benzene rings is 1. The zero-order chi connectivity index (χ0) is 21.6. The van der Waals surface area contributed by atoms with Gasteiger partial charge >= 0.3 is 0 Å². The molecule has 154 valence electrons. The molecule has 0 radical (unpaired) electrons. The van der Waals surface area contributed by atoms with Crippen LogP contribution in [0.15, 0.2) is 55.6 Å². The third-order valence-corrected chi connectivity index (χ3v) is 8.37. The lowest BCUT2D eigenvalue weighted by Crippen LogP contribution is -2.39. The minimum absolute atomic E-state index is 0.122. The van der Waals surface area contributed by atoms with Gasteiger partial charge in [0.2, 0.25) is 0 Å². The highest BCUT2D eigenvalue weighted by atomic mass is 79.9. The molecule has 1 aliphatic carbocycles. The summed E-state index contributed by atoms with van der Waals surface area (Å²) >= 11 is 6.88. The van der Waals surface area contributed by atoms with Crippen molar-refractivity contribution in [2.75, 3.05) is 11.2 Å². The number of Topliss-reactive ketones (excluding diaryl/α,β-unsaturated/α-hetero) is 1. The van der Waals surface area contributed by atoms with Crippen molar-refractivity contribution < 1.29 is 4.79 Å². The Morgan fingerprint density at radius 3 is 2.73 bits per heavy atom. The second-order valence-electron chi connectivity index (χ2n) is 7.55. The first-order valence-corrected chi connectivity index (χ1v) is 12.6. The topological polar surface area (TPSA) is 70.1 Å². The van der Waals surface area contributed by atoms with Crippen molar-refractivity contribution in [2.24, 2.45) is 5.73 Å². The largest absolute Gasteiger partial charge is 0.384 e. The molecule has 1 aromatic heterocycles. The summed E-state index contributed by atoms with van der Waals surface area (Å²) in [5.41, 5.74) is 11.8. The first-order chi connectivity index (χ1) is 14.4. The van der Waals surface area contributed by atoms with Gasteiger partial charge in [0.1, 0.15) is 5.82 Å². The van der Waals surface area contributed by atoms with E-state index in [0.717, 1.165) is 49.6 Å². The molecular weight excluding hydrogens is 478 g/mol. The van der Waals surface area contributed by atoms with Crippen molar-refractivity contribution in [1.82, 2.24) is 0 Å². The summed E-state index contributed by atoms with van der Waals surface area (Å²) in [6, 6.07) is 10.5. The molecule has 0 amide bonds. The summed E-state index contributed by atoms with van der Waals surface area (Å²) in [4.78, 5) is 16.3. The Balaban J connectivity index is 2.01. The van der Waals surface area contributed by atoms with Crippen LogP contribution in [-0.2, 0) is 4.79 Å². The lowest BCUT2D eigenvalue weighted by atomic mass is 9.76. The fraction of sp³-hybridized carbons (Fsp3) is 0.304. The Bertz CT molecular complexity index is 1160. The van der Waals surface area contributed by atoms with E-state index in [1.54, 1.807) is 23.1 Å². The van der Waals surface area contributed by atoms with E-state index in [4.69, 9.17) is 5.73 Å². The van der Waals surface area contributed by atoms with Crippen LogP contribution in [0, 0.1) is 25.2 Å². The molecule has 30 heavy (non-hydrogen) atoms. The molecule has 0 saturated heterocycles. The standard InChI is InChI=1S/C23H22BrN3OS2/c1-12-9-14(24)7-8-17(12)27-18-5-4-6-19(28)21(18)20(16(11-25)22(27)26)15-10-13(2)30-23(15)29-3/h7-10,20H,4-6,26H2,1-3H3/t20-/m1/s1. The van der Waals surface area contributed by atoms with Crippen LogP contribution in [0.5, 0.6) is 0 Å². The third kappa shape index (κ3) is 3.41. The number of thioether (sulfide) groups is 1. The second-order valence-corrected chi connectivity index (χ2v) is 10.8. The number of halogens is 1. The molecule has 0 saturated carbocycles. The predicted molar refractivity (Wildman–Crippen MR) is 128 cm³/mol. The summed E-state index contributed by atoms with van der Waals surface area (Å²) in [5.74, 6) is 0.159. The van der Waals surface area contributed by atoms with Crippen LogP contribution in [0.1, 0.15) is 41.2 Å². The highest BCUT2D eigenvalue weighted by molar-refractivity contribution is 9.10. The number of nitrogens with zero attached hydrogens (tertiary/aromatic N) is 2. The van der Waals surface area contributed by atoms with E-state index in [9.17, 15) is 10.1 Å². The summed E-state index contributed by atoms with van der Waals surface area (Å²) in [6.07, 6.45) is 4.11. The maximum absolute atomic E-state index is 13.2. The number of carbonyl (C=O) groups excluding carboxylic acids is 1. The van der Waals surface area contributed by atoms with Crippen LogP contribution in [0.4, 0.5) is 5.69 Å². The minimum atomic E-state index is -0.391. The van der Waals surface area contributed by atoms with Crippen molar-refractivity contribution in [2.45, 2.75) is 43.2 Å². The van der Waals surface area contributed by atoms with Gasteiger partial charge in [0.05, 0.1) is 27.5 Å². The number of rotatable bonds is 3. The molecule has 0 bridgehead atoms. The number of hydrogen-bond donors (Lipinski definition) is 1. The number of allylic oxidation sites excluding steroid dienone is 3. The number of aryl methyl sites for hydroxylation is 2. The van der Waals surface area contributed by atoms with Crippen LogP contribution >= 0.6 is 39.0 Å². The van der Waals surface area contributed by atoms with E-state index >= 15 is 0 Å². The van der Waals surface area contributed by atoms with Crippen LogP contribution in [0.25, 0.3) is 0 Å². The molecule has 2 heterocycles. The Hall–Kier alpha value is -2.01. The summed E-state index contributed by atoms with van der Waals surface area (Å²) in [7, 11) is 0. The van der Waals surface area contributed by atoms with Gasteiger partial charge in [-0.1, -0.05) is 15.9 Å². The number of ketones is 1. The molecule has 4 nitrogen and oxygen atoms in total. The smallest absolute Gasteiger partial charge is 0.161 e. The molecule has 4 rings (SSSR count). The van der Waals surface area contributed by atoms with Crippen molar-refractivity contribution in [3.63, 3.8) is 0 Å². The monoisotopic (exact) mass is 499 g/mol. The van der Waals surface area contributed by atoms with Gasteiger partial charge in [-0.2, -0.15) is 5.26 Å². The summed E-state index contributed by atoms with van der Waals surface area (Å²) in [5, 5.41) is 10.2. The van der Waals surface area contributed by atoms with Crippen LogP contribution in [0.2, 0.25) is 0 Å². The molecule has 0 fully saturated rings. The van der Waals surface area contributed by atoms with E-state index in [0.29, 0.717) is 17.8 Å². The number of carbonyl (C=O) groups is 1. The predicted octanol–water partition coefficient (Wildman–Crippen LogP) is 6.15. The molecule has 1 aliphatic heterocycles. The average Bonchev–Trinajstić information content (AvgIpc) is 3.08. The van der Waals surface area contributed by atoms with Gasteiger partial charge in [0, 0.05) is 27.0 Å². The first kappa shape index (κ1) is 21.2. The SMILES string of the molecule is CSc1sc(C)cc1[C@@H]1C(C#N)=C(N)N(c2ccc(Br)cc2C)C2=C1C(=O)CCC2. The number of nitrogens with two attached hydrogens (primary N) is 1. The van der Waals surface area contributed by atoms with Gasteiger partial charge in [-0.15, -0.1) is 23.1 Å². The van der Waals surface area contributed by atoms with Crippen molar-refractivity contribution in [1.29, 1.82) is 5.26 Å². The normalized spacial score (nSPS) is 19.2. The van der Waals surface area contributed by atoms with Crippen molar-refractivity contribution in [3.8, 4) is 6.07 Å². The quantitative estimate of drug-likeness (QED) is 0.512. The van der Waals surface area contributed by atoms with Crippen molar-refractivity contribution in [3.05, 3.63) is 67.4 Å². The average molecular weight is 500 g/mol. The number of hydrogen-bond acceptors (Lipinski definition) is 6. The first-order valence-electron chi connectivity index (χ1n) is 9.74. The molecule has 0 unspecified atom stereocenters. The van der Waals surface area contributed by atoms with E-state index in [1.165, 1.54) is 4.88 Å². The molecule has 0 spiro atoms. The Morgan fingerprint density at radius 2 is 2.07 bits per heavy atom. The molecule has 2 aliphatic rings. The molecule has 2 aromatic rings. The second kappa shape index (κ2) is 8.26. The maximum Gasteiger partial charge on any atom is 0.161 e. The lowest BCUT2D eigenvalue weighted by molar-refractivity contribution is -0.116. The fourth-order valence-corrected chi connectivity index (χ4v) is 6.80. The van der Waals surface area contributed by atoms with Gasteiger partial charge in [0.25, 0.3) is 0 Å². The van der Waals surface area contributed by atoms with Gasteiger partial charge in [-0.05, 0) is 68.3 Å². The van der Waals surface area contributed by atoms with Gasteiger partial charge < -0.3 is 5.73 Å². The zero-order valence-electron chi connectivity index (χ0n) is 17.1. The van der Waals surface area contributed by atoms with E-state index in [2.05, 4.69) is 35.0 Å². The van der Waals surface area contributed by atoms with E-state index in [1.807, 2.05) is 36.3 Å². The lowest BCUT2D eigenvalue weighted by Gasteiger charge is -2.40. The third-order valence-electron chi connectivity index (χ3n) is 5.66. The highest BCUT2D eigenvalue weighted by Crippen LogP contribution is 2.50.